The maximum atomic E-state index is 13.4. The van der Waals surface area contributed by atoms with Gasteiger partial charge in [-0.2, -0.15) is 0 Å². The van der Waals surface area contributed by atoms with Crippen LogP contribution in [-0.4, -0.2) is 5.78 Å². The molecule has 28 heavy (non-hydrogen) atoms. The lowest BCUT2D eigenvalue weighted by molar-refractivity contribution is -0.116. The minimum atomic E-state index is -0.182. The van der Waals surface area contributed by atoms with Gasteiger partial charge in [0.1, 0.15) is 0 Å². The number of para-hydroxylation sites is 2. The van der Waals surface area contributed by atoms with Gasteiger partial charge in [-0.15, -0.1) is 11.3 Å². The third-order valence-electron chi connectivity index (χ3n) is 5.47. The van der Waals surface area contributed by atoms with Crippen LogP contribution < -0.4 is 10.6 Å². The first kappa shape index (κ1) is 17.7. The van der Waals surface area contributed by atoms with E-state index in [2.05, 4.69) is 62.3 Å². The molecule has 2 aliphatic rings. The second kappa shape index (κ2) is 7.22. The molecule has 140 valence electrons. The largest absolute Gasteiger partial charge is 0.372 e. The summed E-state index contributed by atoms with van der Waals surface area (Å²) < 4.78 is 1.01. The Labute approximate surface area is 176 Å². The van der Waals surface area contributed by atoms with Crippen LogP contribution in [0.3, 0.4) is 0 Å². The number of thiophene rings is 1. The van der Waals surface area contributed by atoms with Crippen molar-refractivity contribution in [3.05, 3.63) is 92.2 Å². The van der Waals surface area contributed by atoms with E-state index in [0.29, 0.717) is 6.42 Å². The van der Waals surface area contributed by atoms with E-state index in [1.165, 1.54) is 4.88 Å². The van der Waals surface area contributed by atoms with Crippen LogP contribution in [0.4, 0.5) is 11.4 Å². The molecule has 5 rings (SSSR count). The number of benzene rings is 2. The van der Waals surface area contributed by atoms with Crippen molar-refractivity contribution in [2.24, 2.45) is 0 Å². The summed E-state index contributed by atoms with van der Waals surface area (Å²) in [4.78, 5) is 14.7. The summed E-state index contributed by atoms with van der Waals surface area (Å²) in [5.74, 6) is 0.456. The topological polar surface area (TPSA) is 41.1 Å². The van der Waals surface area contributed by atoms with Crippen molar-refractivity contribution in [2.75, 3.05) is 10.6 Å². The zero-order valence-electron chi connectivity index (χ0n) is 15.1. The second-order valence-electron chi connectivity index (χ2n) is 7.21. The van der Waals surface area contributed by atoms with Gasteiger partial charge < -0.3 is 10.6 Å². The van der Waals surface area contributed by atoms with Gasteiger partial charge in [0.05, 0.1) is 17.4 Å². The van der Waals surface area contributed by atoms with Gasteiger partial charge in [0.15, 0.2) is 5.78 Å². The summed E-state index contributed by atoms with van der Waals surface area (Å²) in [5, 5.41) is 9.30. The average Bonchev–Trinajstić information content (AvgIpc) is 3.17. The number of fused-ring (bicyclic) bond motifs is 1. The SMILES string of the molecule is O=C1CC(c2cccs2)CC2=C1C(c1ccccc1Br)Nc1ccccc1N2. The Bertz CT molecular complexity index is 1070. The molecule has 0 spiro atoms. The molecule has 2 N–H and O–H groups in total. The third-order valence-corrected chi connectivity index (χ3v) is 7.23. The van der Waals surface area contributed by atoms with Crippen LogP contribution in [0.25, 0.3) is 0 Å². The summed E-state index contributed by atoms with van der Waals surface area (Å²) in [7, 11) is 0. The quantitative estimate of drug-likeness (QED) is 0.468. The number of Topliss-reactive ketones (excluding diaryl/α,β-unsaturated/α-hetero) is 1. The van der Waals surface area contributed by atoms with Gasteiger partial charge in [-0.05, 0) is 41.6 Å². The summed E-state index contributed by atoms with van der Waals surface area (Å²) in [5.41, 5.74) is 5.00. The molecule has 3 nitrogen and oxygen atoms in total. The van der Waals surface area contributed by atoms with Crippen molar-refractivity contribution in [3.63, 3.8) is 0 Å². The highest BCUT2D eigenvalue weighted by molar-refractivity contribution is 9.10. The Hall–Kier alpha value is -2.37. The van der Waals surface area contributed by atoms with Crippen molar-refractivity contribution in [1.82, 2.24) is 0 Å². The van der Waals surface area contributed by atoms with Gasteiger partial charge in [-0.3, -0.25) is 4.79 Å². The molecule has 0 saturated heterocycles. The molecule has 3 aromatic rings. The zero-order chi connectivity index (χ0) is 19.1. The first-order chi connectivity index (χ1) is 13.7. The fourth-order valence-corrected chi connectivity index (χ4v) is 5.50. The van der Waals surface area contributed by atoms with Crippen LogP contribution in [0, 0.1) is 0 Å². The number of hydrogen-bond donors (Lipinski definition) is 2. The number of hydrogen-bond acceptors (Lipinski definition) is 4. The molecule has 0 saturated carbocycles. The molecule has 0 radical (unpaired) electrons. The minimum Gasteiger partial charge on any atom is -0.372 e. The minimum absolute atomic E-state index is 0.182. The first-order valence-electron chi connectivity index (χ1n) is 9.37. The van der Waals surface area contributed by atoms with Crippen LogP contribution >= 0.6 is 27.3 Å². The molecule has 0 bridgehead atoms. The Balaban J connectivity index is 1.65. The van der Waals surface area contributed by atoms with Gasteiger partial charge in [-0.1, -0.05) is 52.3 Å². The van der Waals surface area contributed by atoms with E-state index in [1.807, 2.05) is 30.3 Å². The highest BCUT2D eigenvalue weighted by Crippen LogP contribution is 2.45. The molecule has 1 aliphatic carbocycles. The highest BCUT2D eigenvalue weighted by Gasteiger charge is 2.36. The van der Waals surface area contributed by atoms with E-state index in [4.69, 9.17) is 0 Å². The maximum Gasteiger partial charge on any atom is 0.163 e. The number of ketones is 1. The average molecular weight is 451 g/mol. The van der Waals surface area contributed by atoms with Crippen molar-refractivity contribution in [1.29, 1.82) is 0 Å². The highest BCUT2D eigenvalue weighted by atomic mass is 79.9. The molecule has 2 aromatic carbocycles. The van der Waals surface area contributed by atoms with E-state index in [0.717, 1.165) is 39.1 Å². The Kier molecular flexibility index (Phi) is 4.57. The Morgan fingerprint density at radius 1 is 0.929 bits per heavy atom. The number of halogens is 1. The van der Waals surface area contributed by atoms with Crippen molar-refractivity contribution >= 4 is 44.4 Å². The number of carbonyl (C=O) groups is 1. The molecule has 1 aliphatic heterocycles. The van der Waals surface area contributed by atoms with E-state index in [1.54, 1.807) is 11.3 Å². The number of anilines is 2. The van der Waals surface area contributed by atoms with Gasteiger partial charge in [0, 0.05) is 33.0 Å². The van der Waals surface area contributed by atoms with Crippen LogP contribution in [0.2, 0.25) is 0 Å². The fraction of sp³-hybridized carbons (Fsp3) is 0.174. The van der Waals surface area contributed by atoms with E-state index < -0.39 is 0 Å². The summed E-state index contributed by atoms with van der Waals surface area (Å²) in [6.07, 6.45) is 1.40. The third kappa shape index (κ3) is 3.09. The first-order valence-corrected chi connectivity index (χ1v) is 11.0. The molecular formula is C23H19BrN2OS. The lowest BCUT2D eigenvalue weighted by Crippen LogP contribution is -2.26. The molecule has 2 atom stereocenters. The number of carbonyl (C=O) groups excluding carboxylic acids is 1. The molecule has 1 aromatic heterocycles. The second-order valence-corrected chi connectivity index (χ2v) is 9.04. The van der Waals surface area contributed by atoms with Gasteiger partial charge in [-0.25, -0.2) is 0 Å². The Morgan fingerprint density at radius 2 is 1.71 bits per heavy atom. The van der Waals surface area contributed by atoms with Crippen molar-refractivity contribution in [3.8, 4) is 0 Å². The number of allylic oxidation sites excluding steroid dienone is 1. The molecule has 2 heterocycles. The Morgan fingerprint density at radius 3 is 2.50 bits per heavy atom. The standard InChI is InChI=1S/C23H19BrN2OS/c24-16-7-2-1-6-15(16)23-22-19(25-17-8-3-4-9-18(17)26-23)12-14(13-20(22)27)21-10-5-11-28-21/h1-11,14,23,25-26H,12-13H2. The monoisotopic (exact) mass is 450 g/mol. The molecule has 5 heteroatoms. The summed E-state index contributed by atoms with van der Waals surface area (Å²) >= 11 is 5.42. The lowest BCUT2D eigenvalue weighted by Gasteiger charge is -2.29. The van der Waals surface area contributed by atoms with Gasteiger partial charge in [0.2, 0.25) is 0 Å². The predicted molar refractivity (Wildman–Crippen MR) is 119 cm³/mol. The molecule has 0 amide bonds. The molecule has 0 fully saturated rings. The van der Waals surface area contributed by atoms with E-state index >= 15 is 0 Å². The fourth-order valence-electron chi connectivity index (χ4n) is 4.16. The normalized spacial score (nSPS) is 21.2. The van der Waals surface area contributed by atoms with E-state index in [9.17, 15) is 4.79 Å². The van der Waals surface area contributed by atoms with Crippen LogP contribution in [0.5, 0.6) is 0 Å². The van der Waals surface area contributed by atoms with Gasteiger partial charge in [0.25, 0.3) is 0 Å². The molecule has 2 unspecified atom stereocenters. The van der Waals surface area contributed by atoms with Crippen LogP contribution in [-0.2, 0) is 4.79 Å². The van der Waals surface area contributed by atoms with E-state index in [-0.39, 0.29) is 17.7 Å². The van der Waals surface area contributed by atoms with Crippen molar-refractivity contribution in [2.45, 2.75) is 24.8 Å². The van der Waals surface area contributed by atoms with Gasteiger partial charge >= 0.3 is 0 Å². The predicted octanol–water partition coefficient (Wildman–Crippen LogP) is 6.49. The lowest BCUT2D eigenvalue weighted by atomic mass is 9.81. The summed E-state index contributed by atoms with van der Waals surface area (Å²) in [6, 6.07) is 20.3. The maximum absolute atomic E-state index is 13.4. The summed E-state index contributed by atoms with van der Waals surface area (Å²) in [6.45, 7) is 0. The number of rotatable bonds is 2. The van der Waals surface area contributed by atoms with Crippen LogP contribution in [0.15, 0.2) is 81.8 Å². The number of nitrogens with one attached hydrogen (secondary N) is 2. The molecular weight excluding hydrogens is 432 g/mol. The smallest absolute Gasteiger partial charge is 0.163 e. The van der Waals surface area contributed by atoms with Crippen LogP contribution in [0.1, 0.15) is 35.2 Å². The zero-order valence-corrected chi connectivity index (χ0v) is 17.5. The van der Waals surface area contributed by atoms with Crippen molar-refractivity contribution < 1.29 is 4.79 Å².